The molecule has 0 spiro atoms. The molecular formula is C17H13Cl2N3O3S. The molecule has 3 rings (SSSR count). The fourth-order valence-electron chi connectivity index (χ4n) is 2.21. The van der Waals surface area contributed by atoms with Crippen LogP contribution in [0.25, 0.3) is 0 Å². The summed E-state index contributed by atoms with van der Waals surface area (Å²) in [5.74, 6) is -0.509. The molecule has 0 radical (unpaired) electrons. The van der Waals surface area contributed by atoms with E-state index >= 15 is 0 Å². The van der Waals surface area contributed by atoms with Crippen molar-refractivity contribution in [2.45, 2.75) is 11.4 Å². The molecule has 1 heterocycles. The zero-order valence-corrected chi connectivity index (χ0v) is 15.6. The highest BCUT2D eigenvalue weighted by Crippen LogP contribution is 2.18. The lowest BCUT2D eigenvalue weighted by molar-refractivity contribution is 0.0945. The van der Waals surface area contributed by atoms with E-state index in [0.717, 1.165) is 9.65 Å². The van der Waals surface area contributed by atoms with Crippen LogP contribution in [0.4, 0.5) is 0 Å². The number of halogens is 2. The van der Waals surface area contributed by atoms with Gasteiger partial charge < -0.3 is 5.32 Å². The van der Waals surface area contributed by atoms with Crippen LogP contribution in [0.5, 0.6) is 0 Å². The van der Waals surface area contributed by atoms with Gasteiger partial charge in [-0.15, -0.1) is 0 Å². The predicted octanol–water partition coefficient (Wildman–Crippen LogP) is 3.36. The highest BCUT2D eigenvalue weighted by molar-refractivity contribution is 7.89. The highest BCUT2D eigenvalue weighted by Gasteiger charge is 2.20. The molecule has 0 saturated heterocycles. The van der Waals surface area contributed by atoms with Crippen molar-refractivity contribution in [3.63, 3.8) is 0 Å². The Morgan fingerprint density at radius 2 is 1.85 bits per heavy atom. The summed E-state index contributed by atoms with van der Waals surface area (Å²) < 4.78 is 25.8. The fraction of sp³-hybridized carbons (Fsp3) is 0.0588. The first kappa shape index (κ1) is 18.4. The molecule has 6 nitrogen and oxygen atoms in total. The van der Waals surface area contributed by atoms with E-state index in [2.05, 4.69) is 10.4 Å². The van der Waals surface area contributed by atoms with Gasteiger partial charge in [-0.05, 0) is 35.9 Å². The van der Waals surface area contributed by atoms with Gasteiger partial charge in [-0.3, -0.25) is 4.79 Å². The van der Waals surface area contributed by atoms with Gasteiger partial charge in [0.25, 0.3) is 15.9 Å². The Morgan fingerprint density at radius 3 is 2.58 bits per heavy atom. The summed E-state index contributed by atoms with van der Waals surface area (Å²) in [5.41, 5.74) is 0.719. The quantitative estimate of drug-likeness (QED) is 0.700. The van der Waals surface area contributed by atoms with Gasteiger partial charge in [0, 0.05) is 22.8 Å². The van der Waals surface area contributed by atoms with Gasteiger partial charge in [-0.25, -0.2) is 0 Å². The van der Waals surface area contributed by atoms with Crippen LogP contribution in [0, 0.1) is 0 Å². The van der Waals surface area contributed by atoms with E-state index in [0.29, 0.717) is 5.02 Å². The van der Waals surface area contributed by atoms with E-state index in [-0.39, 0.29) is 22.2 Å². The molecule has 0 fully saturated rings. The van der Waals surface area contributed by atoms with Gasteiger partial charge in [0.2, 0.25) is 0 Å². The monoisotopic (exact) mass is 409 g/mol. The average molecular weight is 410 g/mol. The SMILES string of the molecule is O=C(NCc1ccccc1Cl)c1ccn(S(=O)(=O)c2cccc(Cl)c2)n1. The summed E-state index contributed by atoms with van der Waals surface area (Å²) in [5, 5.41) is 7.34. The van der Waals surface area contributed by atoms with Gasteiger partial charge in [0.15, 0.2) is 5.69 Å². The molecule has 9 heteroatoms. The minimum Gasteiger partial charge on any atom is -0.347 e. The van der Waals surface area contributed by atoms with Gasteiger partial charge >= 0.3 is 0 Å². The van der Waals surface area contributed by atoms with E-state index in [1.807, 2.05) is 0 Å². The number of carbonyl (C=O) groups is 1. The van der Waals surface area contributed by atoms with E-state index in [9.17, 15) is 13.2 Å². The molecule has 26 heavy (non-hydrogen) atoms. The van der Waals surface area contributed by atoms with Crippen LogP contribution in [0.1, 0.15) is 16.1 Å². The lowest BCUT2D eigenvalue weighted by Crippen LogP contribution is -2.24. The predicted molar refractivity (Wildman–Crippen MR) is 98.9 cm³/mol. The van der Waals surface area contributed by atoms with Crippen LogP contribution < -0.4 is 5.32 Å². The van der Waals surface area contributed by atoms with Crippen LogP contribution in [0.15, 0.2) is 65.7 Å². The zero-order chi connectivity index (χ0) is 18.7. The van der Waals surface area contributed by atoms with Crippen molar-refractivity contribution in [2.75, 3.05) is 0 Å². The Labute approximate surface area is 160 Å². The first-order valence-electron chi connectivity index (χ1n) is 7.46. The number of aromatic nitrogens is 2. The summed E-state index contributed by atoms with van der Waals surface area (Å²) in [4.78, 5) is 12.2. The van der Waals surface area contributed by atoms with Crippen molar-refractivity contribution < 1.29 is 13.2 Å². The number of hydrogen-bond donors (Lipinski definition) is 1. The standard InChI is InChI=1S/C17H13Cl2N3O3S/c18-13-5-3-6-14(10-13)26(24,25)22-9-8-16(21-22)17(23)20-11-12-4-1-2-7-15(12)19/h1-10H,11H2,(H,20,23). The molecule has 0 bridgehead atoms. The minimum absolute atomic E-state index is 0.0175. The number of benzene rings is 2. The Bertz CT molecular complexity index is 1060. The summed E-state index contributed by atoms with van der Waals surface area (Å²) >= 11 is 11.9. The molecule has 0 aliphatic heterocycles. The molecular weight excluding hydrogens is 397 g/mol. The smallest absolute Gasteiger partial charge is 0.283 e. The van der Waals surface area contributed by atoms with Crippen LogP contribution in [0.2, 0.25) is 10.0 Å². The van der Waals surface area contributed by atoms with Crippen molar-refractivity contribution in [2.24, 2.45) is 0 Å². The number of nitrogens with zero attached hydrogens (tertiary/aromatic N) is 2. The molecule has 134 valence electrons. The van der Waals surface area contributed by atoms with Crippen LogP contribution in [-0.2, 0) is 16.6 Å². The van der Waals surface area contributed by atoms with Crippen LogP contribution in [-0.4, -0.2) is 23.5 Å². The molecule has 0 unspecified atom stereocenters. The highest BCUT2D eigenvalue weighted by atomic mass is 35.5. The number of hydrogen-bond acceptors (Lipinski definition) is 4. The van der Waals surface area contributed by atoms with E-state index in [4.69, 9.17) is 23.2 Å². The van der Waals surface area contributed by atoms with E-state index in [1.54, 1.807) is 30.3 Å². The van der Waals surface area contributed by atoms with Crippen LogP contribution in [0.3, 0.4) is 0 Å². The molecule has 0 aliphatic carbocycles. The van der Waals surface area contributed by atoms with Crippen molar-refractivity contribution in [1.82, 2.24) is 14.5 Å². The molecule has 2 aromatic carbocycles. The van der Waals surface area contributed by atoms with E-state index < -0.39 is 15.9 Å². The number of nitrogens with one attached hydrogen (secondary N) is 1. The summed E-state index contributed by atoms with van der Waals surface area (Å²) in [6.07, 6.45) is 1.21. The lowest BCUT2D eigenvalue weighted by atomic mass is 10.2. The van der Waals surface area contributed by atoms with Crippen molar-refractivity contribution in [3.05, 3.63) is 82.1 Å². The Balaban J connectivity index is 1.77. The normalized spacial score (nSPS) is 11.3. The maximum absolute atomic E-state index is 12.5. The van der Waals surface area contributed by atoms with Crippen molar-refractivity contribution in [3.8, 4) is 0 Å². The molecule has 0 aliphatic rings. The third-order valence-corrected chi connectivity index (χ3v) is 5.69. The first-order valence-corrected chi connectivity index (χ1v) is 9.66. The summed E-state index contributed by atoms with van der Waals surface area (Å²) in [7, 11) is -3.93. The van der Waals surface area contributed by atoms with Gasteiger partial charge in [0.05, 0.1) is 4.90 Å². The Morgan fingerprint density at radius 1 is 1.08 bits per heavy atom. The van der Waals surface area contributed by atoms with E-state index in [1.165, 1.54) is 30.5 Å². The number of rotatable bonds is 5. The summed E-state index contributed by atoms with van der Waals surface area (Å²) in [6.45, 7) is 0.201. The van der Waals surface area contributed by atoms with Crippen molar-refractivity contribution >= 4 is 39.1 Å². The van der Waals surface area contributed by atoms with Gasteiger partial charge in [-0.1, -0.05) is 47.5 Å². The molecule has 1 aromatic heterocycles. The molecule has 1 amide bonds. The third-order valence-electron chi connectivity index (χ3n) is 3.54. The third kappa shape index (κ3) is 3.90. The number of carbonyl (C=O) groups excluding carboxylic acids is 1. The van der Waals surface area contributed by atoms with Gasteiger partial charge in [0.1, 0.15) is 0 Å². The number of amides is 1. The second kappa shape index (κ2) is 7.49. The summed E-state index contributed by atoms with van der Waals surface area (Å²) in [6, 6.07) is 14.2. The maximum atomic E-state index is 12.5. The molecule has 0 saturated carbocycles. The fourth-order valence-corrected chi connectivity index (χ4v) is 3.82. The topological polar surface area (TPSA) is 81.1 Å². The second-order valence-electron chi connectivity index (χ2n) is 5.31. The first-order chi connectivity index (χ1) is 12.4. The largest absolute Gasteiger partial charge is 0.347 e. The molecule has 1 N–H and O–H groups in total. The Hall–Kier alpha value is -2.35. The average Bonchev–Trinajstić information content (AvgIpc) is 3.12. The lowest BCUT2D eigenvalue weighted by Gasteiger charge is -2.06. The van der Waals surface area contributed by atoms with Crippen molar-refractivity contribution in [1.29, 1.82) is 0 Å². The molecule has 3 aromatic rings. The van der Waals surface area contributed by atoms with Crippen LogP contribution >= 0.6 is 23.2 Å². The minimum atomic E-state index is -3.93. The molecule has 0 atom stereocenters. The van der Waals surface area contributed by atoms with Gasteiger partial charge in [-0.2, -0.15) is 17.6 Å². The Kier molecular flexibility index (Phi) is 5.31. The second-order valence-corrected chi connectivity index (χ2v) is 7.95. The maximum Gasteiger partial charge on any atom is 0.283 e. The zero-order valence-electron chi connectivity index (χ0n) is 13.3.